The third kappa shape index (κ3) is 4.45. The van der Waals surface area contributed by atoms with E-state index in [0.29, 0.717) is 0 Å². The van der Waals surface area contributed by atoms with Gasteiger partial charge in [-0.15, -0.1) is 0 Å². The lowest BCUT2D eigenvalue weighted by Gasteiger charge is -2.17. The minimum atomic E-state index is -4.19. The van der Waals surface area contributed by atoms with Gasteiger partial charge in [0.25, 0.3) is 0 Å². The Morgan fingerprint density at radius 2 is 1.81 bits per heavy atom. The van der Waals surface area contributed by atoms with Crippen LogP contribution in [0.4, 0.5) is 17.6 Å². The van der Waals surface area contributed by atoms with Gasteiger partial charge in [-0.25, -0.2) is 4.39 Å². The highest BCUT2D eigenvalue weighted by atomic mass is 19.4. The highest BCUT2D eigenvalue weighted by Gasteiger charge is 2.46. The number of alkyl halides is 3. The second-order valence-electron chi connectivity index (χ2n) is 5.28. The molecule has 0 unspecified atom stereocenters. The third-order valence-electron chi connectivity index (χ3n) is 3.81. The van der Waals surface area contributed by atoms with Crippen molar-refractivity contribution < 1.29 is 17.6 Å². The van der Waals surface area contributed by atoms with Crippen molar-refractivity contribution in [2.45, 2.75) is 45.2 Å². The Morgan fingerprint density at radius 1 is 1.29 bits per heavy atom. The summed E-state index contributed by atoms with van der Waals surface area (Å²) in [6, 6.07) is 5.59. The first-order chi connectivity index (χ1) is 9.66. The Kier molecular flexibility index (Phi) is 5.37. The van der Waals surface area contributed by atoms with Crippen molar-refractivity contribution in [3.05, 3.63) is 59.4 Å². The van der Waals surface area contributed by atoms with Gasteiger partial charge in [0.05, 0.1) is 0 Å². The molecule has 1 aliphatic rings. The van der Waals surface area contributed by atoms with Crippen LogP contribution < -0.4 is 0 Å². The third-order valence-corrected chi connectivity index (χ3v) is 3.81. The average molecular weight is 300 g/mol. The molecule has 0 bridgehead atoms. The molecule has 1 fully saturated rings. The van der Waals surface area contributed by atoms with E-state index in [1.54, 1.807) is 6.07 Å². The lowest BCUT2D eigenvalue weighted by Crippen LogP contribution is -2.10. The molecule has 0 radical (unpaired) electrons. The van der Waals surface area contributed by atoms with Gasteiger partial charge >= 0.3 is 6.18 Å². The molecule has 0 saturated heterocycles. The van der Waals surface area contributed by atoms with Gasteiger partial charge < -0.3 is 0 Å². The van der Waals surface area contributed by atoms with Crippen LogP contribution in [0.3, 0.4) is 0 Å². The highest BCUT2D eigenvalue weighted by Crippen LogP contribution is 2.54. The number of allylic oxidation sites excluding steroid dienone is 3. The summed E-state index contributed by atoms with van der Waals surface area (Å²) in [7, 11) is 0. The molecule has 1 aromatic carbocycles. The Balaban J connectivity index is 0.000000315. The van der Waals surface area contributed by atoms with Crippen molar-refractivity contribution in [3.8, 4) is 0 Å². The van der Waals surface area contributed by atoms with Gasteiger partial charge in [-0.05, 0) is 50.8 Å². The number of benzene rings is 1. The fourth-order valence-electron chi connectivity index (χ4n) is 2.29. The van der Waals surface area contributed by atoms with Crippen molar-refractivity contribution in [2.24, 2.45) is 0 Å². The monoisotopic (exact) mass is 300 g/mol. The van der Waals surface area contributed by atoms with Crippen LogP contribution in [-0.2, 0) is 5.41 Å². The molecule has 4 heteroatoms. The second kappa shape index (κ2) is 6.46. The highest BCUT2D eigenvalue weighted by molar-refractivity contribution is 5.43. The first kappa shape index (κ1) is 17.5. The van der Waals surface area contributed by atoms with E-state index in [1.165, 1.54) is 5.57 Å². The quantitative estimate of drug-likeness (QED) is 0.473. The maximum Gasteiger partial charge on any atom is 0.409 e. The average Bonchev–Trinajstić information content (AvgIpc) is 3.19. The van der Waals surface area contributed by atoms with Crippen molar-refractivity contribution in [2.75, 3.05) is 0 Å². The zero-order valence-electron chi connectivity index (χ0n) is 12.5. The van der Waals surface area contributed by atoms with Gasteiger partial charge in [-0.2, -0.15) is 13.2 Å². The first-order valence-electron chi connectivity index (χ1n) is 6.76. The summed E-state index contributed by atoms with van der Waals surface area (Å²) in [6.45, 7) is 8.57. The van der Waals surface area contributed by atoms with Crippen LogP contribution in [0.5, 0.6) is 0 Å². The molecule has 0 nitrogen and oxygen atoms in total. The molecule has 0 N–H and O–H groups in total. The van der Waals surface area contributed by atoms with Crippen molar-refractivity contribution in [1.29, 1.82) is 0 Å². The molecule has 1 aromatic rings. The molecule has 0 amide bonds. The van der Waals surface area contributed by atoms with Crippen LogP contribution in [0.15, 0.2) is 42.5 Å². The lowest BCUT2D eigenvalue weighted by molar-refractivity contribution is -0.0795. The molecule has 21 heavy (non-hydrogen) atoms. The zero-order valence-corrected chi connectivity index (χ0v) is 12.5. The van der Waals surface area contributed by atoms with E-state index in [2.05, 4.69) is 19.6 Å². The van der Waals surface area contributed by atoms with E-state index in [-0.39, 0.29) is 17.3 Å². The fourth-order valence-corrected chi connectivity index (χ4v) is 2.29. The number of halogens is 4. The number of hydrogen-bond donors (Lipinski definition) is 0. The normalized spacial score (nSPS) is 16.8. The maximum atomic E-state index is 13.9. The number of hydrogen-bond acceptors (Lipinski definition) is 0. The van der Waals surface area contributed by atoms with Crippen molar-refractivity contribution in [1.82, 2.24) is 0 Å². The minimum absolute atomic E-state index is 0.0204. The predicted molar refractivity (Wildman–Crippen MR) is 77.7 cm³/mol. The molecular formula is C17H20F4. The molecule has 0 aliphatic heterocycles. The van der Waals surface area contributed by atoms with Crippen LogP contribution in [-0.4, -0.2) is 6.18 Å². The van der Waals surface area contributed by atoms with E-state index in [0.717, 1.165) is 24.0 Å². The lowest BCUT2D eigenvalue weighted by atomic mass is 9.87. The summed E-state index contributed by atoms with van der Waals surface area (Å²) in [6.07, 6.45) is 0.0195. The summed E-state index contributed by atoms with van der Waals surface area (Å²) in [5.41, 5.74) is 3.19. The molecule has 1 aliphatic carbocycles. The van der Waals surface area contributed by atoms with E-state index in [1.807, 2.05) is 26.0 Å². The molecule has 116 valence electrons. The van der Waals surface area contributed by atoms with Gasteiger partial charge in [0.2, 0.25) is 0 Å². The Labute approximate surface area is 123 Å². The van der Waals surface area contributed by atoms with Gasteiger partial charge in [-0.3, -0.25) is 0 Å². The minimum Gasteiger partial charge on any atom is -0.207 e. The Bertz CT molecular complexity index is 534. The molecular weight excluding hydrogens is 280 g/mol. The van der Waals surface area contributed by atoms with Crippen LogP contribution in [0.2, 0.25) is 0 Å². The standard InChI is InChI=1S/C14H17F.C3H3F3/c1-4-11(3)14(7-8-14)12-6-5-10(2)9-13(12)15;1-2-3(4,5)6/h4-6,9H,7-8H2,1-3H3;2H,1H2/b11-4-;. The number of rotatable bonds is 2. The fraction of sp³-hybridized carbons (Fsp3) is 0.412. The largest absolute Gasteiger partial charge is 0.409 e. The Morgan fingerprint density at radius 3 is 2.14 bits per heavy atom. The van der Waals surface area contributed by atoms with E-state index < -0.39 is 6.18 Å². The van der Waals surface area contributed by atoms with Crippen LogP contribution in [0.25, 0.3) is 0 Å². The van der Waals surface area contributed by atoms with E-state index in [9.17, 15) is 17.6 Å². The zero-order chi connectivity index (χ0) is 16.3. The molecule has 2 rings (SSSR count). The van der Waals surface area contributed by atoms with Gasteiger partial charge in [0, 0.05) is 11.5 Å². The molecule has 0 spiro atoms. The van der Waals surface area contributed by atoms with Crippen molar-refractivity contribution in [3.63, 3.8) is 0 Å². The summed E-state index contributed by atoms with van der Waals surface area (Å²) >= 11 is 0. The van der Waals surface area contributed by atoms with E-state index >= 15 is 0 Å². The smallest absolute Gasteiger partial charge is 0.207 e. The molecule has 1 saturated carbocycles. The summed E-state index contributed by atoms with van der Waals surface area (Å²) in [4.78, 5) is 0. The van der Waals surface area contributed by atoms with Gasteiger partial charge in [0.15, 0.2) is 0 Å². The van der Waals surface area contributed by atoms with Gasteiger partial charge in [-0.1, -0.05) is 30.4 Å². The first-order valence-corrected chi connectivity index (χ1v) is 6.76. The summed E-state index contributed by atoms with van der Waals surface area (Å²) in [5.74, 6) is -0.0475. The molecule has 0 aromatic heterocycles. The predicted octanol–water partition coefficient (Wildman–Crippen LogP) is 5.87. The summed E-state index contributed by atoms with van der Waals surface area (Å²) < 4.78 is 45.9. The SMILES string of the molecule is C/C=C(/C)C1(c2ccc(C)cc2F)CC1.C=CC(F)(F)F. The molecule has 0 atom stereocenters. The van der Waals surface area contributed by atoms with Crippen LogP contribution >= 0.6 is 0 Å². The maximum absolute atomic E-state index is 13.9. The van der Waals surface area contributed by atoms with Crippen molar-refractivity contribution >= 4 is 0 Å². The summed E-state index contributed by atoms with van der Waals surface area (Å²) in [5, 5.41) is 0. The molecule has 0 heterocycles. The Hall–Kier alpha value is -1.58. The second-order valence-corrected chi connectivity index (χ2v) is 5.28. The topological polar surface area (TPSA) is 0 Å². The van der Waals surface area contributed by atoms with Crippen LogP contribution in [0, 0.1) is 12.7 Å². The van der Waals surface area contributed by atoms with Gasteiger partial charge in [0.1, 0.15) is 5.82 Å². The van der Waals surface area contributed by atoms with E-state index in [4.69, 9.17) is 0 Å². The number of aryl methyl sites for hydroxylation is 1. The van der Waals surface area contributed by atoms with Crippen LogP contribution in [0.1, 0.15) is 37.8 Å².